The van der Waals surface area contributed by atoms with Crippen molar-refractivity contribution in [2.24, 2.45) is 0 Å². The SMILES string of the molecule is CCOc1cccc2sc(N(CCN3CCOCC3)C(=O)CCSc3ccc(F)cc3)nc12. The number of nitrogens with zero attached hydrogens (tertiary/aromatic N) is 3. The number of carbonyl (C=O) groups excluding carboxylic acids is 1. The molecule has 33 heavy (non-hydrogen) atoms. The first-order valence-corrected chi connectivity index (χ1v) is 13.0. The third-order valence-electron chi connectivity index (χ3n) is 5.34. The highest BCUT2D eigenvalue weighted by atomic mass is 32.2. The van der Waals surface area contributed by atoms with Crippen LogP contribution in [0.3, 0.4) is 0 Å². The summed E-state index contributed by atoms with van der Waals surface area (Å²) in [4.78, 5) is 23.2. The fourth-order valence-corrected chi connectivity index (χ4v) is 5.48. The van der Waals surface area contributed by atoms with Crippen LogP contribution in [-0.2, 0) is 9.53 Å². The lowest BCUT2D eigenvalue weighted by atomic mass is 10.3. The van der Waals surface area contributed by atoms with E-state index in [4.69, 9.17) is 14.5 Å². The van der Waals surface area contributed by atoms with Gasteiger partial charge in [-0.2, -0.15) is 0 Å². The number of carbonyl (C=O) groups is 1. The van der Waals surface area contributed by atoms with Crippen molar-refractivity contribution in [2.75, 3.05) is 56.7 Å². The molecule has 0 spiro atoms. The Balaban J connectivity index is 1.48. The van der Waals surface area contributed by atoms with E-state index in [1.165, 1.54) is 23.5 Å². The Hall–Kier alpha value is -2.20. The van der Waals surface area contributed by atoms with Gasteiger partial charge < -0.3 is 9.47 Å². The van der Waals surface area contributed by atoms with E-state index in [1.807, 2.05) is 25.1 Å². The molecular weight excluding hydrogens is 461 g/mol. The van der Waals surface area contributed by atoms with Crippen molar-refractivity contribution in [3.8, 4) is 5.75 Å². The van der Waals surface area contributed by atoms with Gasteiger partial charge in [-0.05, 0) is 43.3 Å². The minimum Gasteiger partial charge on any atom is -0.492 e. The molecule has 0 N–H and O–H groups in total. The van der Waals surface area contributed by atoms with Gasteiger partial charge in [-0.3, -0.25) is 14.6 Å². The lowest BCUT2D eigenvalue weighted by Gasteiger charge is -2.29. The molecule has 9 heteroatoms. The molecule has 1 aromatic heterocycles. The fourth-order valence-electron chi connectivity index (χ4n) is 3.61. The lowest BCUT2D eigenvalue weighted by Crippen LogP contribution is -2.43. The Morgan fingerprint density at radius 3 is 2.79 bits per heavy atom. The second-order valence-electron chi connectivity index (χ2n) is 7.58. The van der Waals surface area contributed by atoms with Crippen LogP contribution in [-0.4, -0.2) is 67.5 Å². The smallest absolute Gasteiger partial charge is 0.229 e. The molecule has 176 valence electrons. The highest BCUT2D eigenvalue weighted by Gasteiger charge is 2.22. The van der Waals surface area contributed by atoms with E-state index in [9.17, 15) is 9.18 Å². The second-order valence-corrected chi connectivity index (χ2v) is 9.76. The number of amides is 1. The van der Waals surface area contributed by atoms with Crippen LogP contribution in [0.4, 0.5) is 9.52 Å². The molecule has 0 radical (unpaired) electrons. The molecule has 0 bridgehead atoms. The van der Waals surface area contributed by atoms with Gasteiger partial charge in [0.25, 0.3) is 0 Å². The number of rotatable bonds is 10. The third kappa shape index (κ3) is 6.44. The summed E-state index contributed by atoms with van der Waals surface area (Å²) < 4.78 is 25.3. The van der Waals surface area contributed by atoms with Gasteiger partial charge in [-0.15, -0.1) is 11.8 Å². The summed E-state index contributed by atoms with van der Waals surface area (Å²) in [7, 11) is 0. The zero-order valence-corrected chi connectivity index (χ0v) is 20.3. The van der Waals surface area contributed by atoms with Crippen molar-refractivity contribution in [3.05, 3.63) is 48.3 Å². The summed E-state index contributed by atoms with van der Waals surface area (Å²) in [6, 6.07) is 12.2. The number of aromatic nitrogens is 1. The van der Waals surface area contributed by atoms with Gasteiger partial charge in [0, 0.05) is 43.2 Å². The maximum absolute atomic E-state index is 13.3. The van der Waals surface area contributed by atoms with Gasteiger partial charge >= 0.3 is 0 Å². The van der Waals surface area contributed by atoms with Crippen LogP contribution in [0, 0.1) is 5.82 Å². The number of halogens is 1. The predicted octanol–water partition coefficient (Wildman–Crippen LogP) is 4.68. The highest BCUT2D eigenvalue weighted by Crippen LogP contribution is 2.34. The van der Waals surface area contributed by atoms with E-state index < -0.39 is 0 Å². The zero-order valence-electron chi connectivity index (χ0n) is 18.7. The third-order valence-corrected chi connectivity index (χ3v) is 7.40. The van der Waals surface area contributed by atoms with Gasteiger partial charge in [-0.25, -0.2) is 9.37 Å². The standard InChI is InChI=1S/C24H28FN3O3S2/c1-2-31-20-4-3-5-21-23(20)26-24(33-21)28(12-11-27-13-15-30-16-14-27)22(29)10-17-32-19-8-6-18(25)7-9-19/h3-9H,2,10-17H2,1H3. The molecule has 1 fully saturated rings. The van der Waals surface area contributed by atoms with Crippen LogP contribution in [0.1, 0.15) is 13.3 Å². The number of fused-ring (bicyclic) bond motifs is 1. The number of hydrogen-bond acceptors (Lipinski definition) is 7. The number of morpholine rings is 1. The minimum absolute atomic E-state index is 0.0369. The first-order chi connectivity index (χ1) is 16.1. The fraction of sp³-hybridized carbons (Fsp3) is 0.417. The Kier molecular flexibility index (Phi) is 8.55. The van der Waals surface area contributed by atoms with Crippen molar-refractivity contribution in [1.82, 2.24) is 9.88 Å². The van der Waals surface area contributed by atoms with E-state index in [0.29, 0.717) is 30.5 Å². The molecule has 4 rings (SSSR count). The van der Waals surface area contributed by atoms with Crippen LogP contribution in [0.5, 0.6) is 5.75 Å². The Morgan fingerprint density at radius 1 is 1.24 bits per heavy atom. The Labute approximate surface area is 201 Å². The largest absolute Gasteiger partial charge is 0.492 e. The summed E-state index contributed by atoms with van der Waals surface area (Å²) >= 11 is 3.07. The van der Waals surface area contributed by atoms with Crippen molar-refractivity contribution in [1.29, 1.82) is 0 Å². The number of thioether (sulfide) groups is 1. The summed E-state index contributed by atoms with van der Waals surface area (Å²) in [6.45, 7) is 7.05. The van der Waals surface area contributed by atoms with Gasteiger partial charge in [0.1, 0.15) is 17.1 Å². The maximum atomic E-state index is 13.3. The average Bonchev–Trinajstić information content (AvgIpc) is 3.26. The monoisotopic (exact) mass is 489 g/mol. The van der Waals surface area contributed by atoms with Crippen LogP contribution >= 0.6 is 23.1 Å². The van der Waals surface area contributed by atoms with Crippen LogP contribution in [0.25, 0.3) is 10.2 Å². The molecule has 0 unspecified atom stereocenters. The normalized spacial score (nSPS) is 14.5. The van der Waals surface area contributed by atoms with Gasteiger partial charge in [0.2, 0.25) is 5.91 Å². The quantitative estimate of drug-likeness (QED) is 0.386. The molecule has 0 aliphatic carbocycles. The number of thiazole rings is 1. The van der Waals surface area contributed by atoms with E-state index >= 15 is 0 Å². The molecule has 2 aromatic carbocycles. The topological polar surface area (TPSA) is 54.9 Å². The van der Waals surface area contributed by atoms with Gasteiger partial charge in [-0.1, -0.05) is 17.4 Å². The average molecular weight is 490 g/mol. The molecule has 1 amide bonds. The van der Waals surface area contributed by atoms with Crippen molar-refractivity contribution < 1.29 is 18.7 Å². The first-order valence-electron chi connectivity index (χ1n) is 11.1. The number of hydrogen-bond donors (Lipinski definition) is 0. The maximum Gasteiger partial charge on any atom is 0.229 e. The molecule has 0 saturated carbocycles. The number of ether oxygens (including phenoxy) is 2. The van der Waals surface area contributed by atoms with E-state index in [-0.39, 0.29) is 11.7 Å². The predicted molar refractivity (Wildman–Crippen MR) is 132 cm³/mol. The molecule has 1 aliphatic rings. The summed E-state index contributed by atoms with van der Waals surface area (Å²) in [5.41, 5.74) is 0.796. The zero-order chi connectivity index (χ0) is 23.0. The number of para-hydroxylation sites is 1. The molecule has 1 saturated heterocycles. The van der Waals surface area contributed by atoms with Gasteiger partial charge in [0.15, 0.2) is 5.13 Å². The van der Waals surface area contributed by atoms with Gasteiger partial charge in [0.05, 0.1) is 24.5 Å². The van der Waals surface area contributed by atoms with E-state index in [2.05, 4.69) is 4.90 Å². The Bertz CT molecular complexity index is 1050. The molecule has 3 aromatic rings. The van der Waals surface area contributed by atoms with Crippen molar-refractivity contribution >= 4 is 44.4 Å². The van der Waals surface area contributed by atoms with Crippen molar-refractivity contribution in [3.63, 3.8) is 0 Å². The molecule has 0 atom stereocenters. The summed E-state index contributed by atoms with van der Waals surface area (Å²) in [6.07, 6.45) is 0.374. The summed E-state index contributed by atoms with van der Waals surface area (Å²) in [5.74, 6) is 1.14. The van der Waals surface area contributed by atoms with E-state index in [1.54, 1.807) is 28.8 Å². The van der Waals surface area contributed by atoms with E-state index in [0.717, 1.165) is 53.7 Å². The van der Waals surface area contributed by atoms with Crippen LogP contribution in [0.15, 0.2) is 47.4 Å². The number of anilines is 1. The highest BCUT2D eigenvalue weighted by molar-refractivity contribution is 7.99. The first kappa shape index (κ1) is 23.9. The molecule has 6 nitrogen and oxygen atoms in total. The molecular formula is C24H28FN3O3S2. The minimum atomic E-state index is -0.257. The van der Waals surface area contributed by atoms with Crippen molar-refractivity contribution in [2.45, 2.75) is 18.2 Å². The lowest BCUT2D eigenvalue weighted by molar-refractivity contribution is -0.118. The Morgan fingerprint density at radius 2 is 2.03 bits per heavy atom. The summed E-state index contributed by atoms with van der Waals surface area (Å²) in [5, 5.41) is 0.696. The van der Waals surface area contributed by atoms with Crippen LogP contribution in [0.2, 0.25) is 0 Å². The molecule has 1 aliphatic heterocycles. The van der Waals surface area contributed by atoms with Crippen LogP contribution < -0.4 is 9.64 Å². The molecule has 2 heterocycles. The second kappa shape index (κ2) is 11.8. The number of benzene rings is 2.